The van der Waals surface area contributed by atoms with Crippen LogP contribution in [0, 0.1) is 5.92 Å². The van der Waals surface area contributed by atoms with Crippen molar-refractivity contribution in [1.29, 1.82) is 0 Å². The molecule has 0 spiro atoms. The van der Waals surface area contributed by atoms with Crippen LogP contribution in [0.5, 0.6) is 0 Å². The maximum absolute atomic E-state index is 12.3. The molecule has 1 atom stereocenters. The van der Waals surface area contributed by atoms with Gasteiger partial charge in [-0.1, -0.05) is 60.7 Å². The second kappa shape index (κ2) is 28.1. The van der Waals surface area contributed by atoms with Crippen molar-refractivity contribution in [3.8, 4) is 0 Å². The van der Waals surface area contributed by atoms with E-state index < -0.39 is 11.9 Å². The first-order valence-electron chi connectivity index (χ1n) is 16.4. The fourth-order valence-corrected chi connectivity index (χ4v) is 5.18. The number of nitrogens with zero attached hydrogens (tertiary/aromatic N) is 2. The van der Waals surface area contributed by atoms with Gasteiger partial charge in [-0.05, 0) is 56.6 Å². The van der Waals surface area contributed by atoms with E-state index in [0.717, 1.165) is 37.5 Å². The van der Waals surface area contributed by atoms with E-state index in [1.54, 1.807) is 16.7 Å². The summed E-state index contributed by atoms with van der Waals surface area (Å²) in [5, 5.41) is 7.00. The second-order valence-electron chi connectivity index (χ2n) is 11.2. The van der Waals surface area contributed by atoms with E-state index in [0.29, 0.717) is 70.7 Å². The Balaban J connectivity index is 0.000000878. The number of Topliss-reactive ketones (excluding diaryl/α,β-unsaturated/α-hetero) is 2. The average Bonchev–Trinajstić information content (AvgIpc) is 3.27. The standard InChI is InChI=1S/C19H25NO5.C16H21NO3.CH4O.K.H2O/c1-2-24-18(22)16-10-6-12-20(13-7-11-17(16)21)19(23)25-14-15-8-4-3-5-9-15;18-15-9-4-5-11-17(12-6-10-15)16(19)20-13-14-7-2-1-3-8-14;1-2;;/h3-5,8-9,16H,2,6-7,10-14H2,1H3;1-3,7-8H,4-6,9-13H2;2H,1H3;;1H2/q;;;+1;/p-1. The van der Waals surface area contributed by atoms with Gasteiger partial charge in [-0.25, -0.2) is 9.59 Å². The first-order valence-corrected chi connectivity index (χ1v) is 16.4. The molecule has 0 aliphatic carbocycles. The third kappa shape index (κ3) is 18.8. The van der Waals surface area contributed by atoms with Gasteiger partial charge in [-0.3, -0.25) is 14.4 Å². The van der Waals surface area contributed by atoms with Crippen molar-refractivity contribution < 1.29 is 100 Å². The van der Waals surface area contributed by atoms with E-state index >= 15 is 0 Å². The van der Waals surface area contributed by atoms with Gasteiger partial charge in [0.15, 0.2) is 0 Å². The van der Waals surface area contributed by atoms with Crippen molar-refractivity contribution in [2.45, 2.75) is 77.9 Å². The van der Waals surface area contributed by atoms with Crippen LogP contribution in [0.1, 0.15) is 75.8 Å². The smallest absolute Gasteiger partial charge is 0.870 e. The van der Waals surface area contributed by atoms with Crippen LogP contribution in [0.4, 0.5) is 9.59 Å². The van der Waals surface area contributed by atoms with Crippen molar-refractivity contribution in [3.05, 3.63) is 71.8 Å². The maximum Gasteiger partial charge on any atom is 1.00 e. The molecule has 2 aromatic rings. The number of carbonyl (C=O) groups is 5. The Morgan fingerprint density at radius 3 is 1.63 bits per heavy atom. The molecule has 49 heavy (non-hydrogen) atoms. The number of rotatable bonds is 6. The number of hydrogen-bond donors (Lipinski definition) is 1. The van der Waals surface area contributed by atoms with Crippen LogP contribution in [-0.4, -0.2) is 90.0 Å². The van der Waals surface area contributed by atoms with Crippen molar-refractivity contribution >= 4 is 29.7 Å². The molecular formula is C36H51KN2O10. The summed E-state index contributed by atoms with van der Waals surface area (Å²) < 4.78 is 15.7. The molecule has 2 N–H and O–H groups in total. The molecule has 0 aromatic heterocycles. The second-order valence-corrected chi connectivity index (χ2v) is 11.2. The molecule has 2 amide bonds. The third-order valence-electron chi connectivity index (χ3n) is 7.68. The topological polar surface area (TPSA) is 170 Å². The Bertz CT molecular complexity index is 1230. The molecule has 0 radical (unpaired) electrons. The summed E-state index contributed by atoms with van der Waals surface area (Å²) in [6.45, 7) is 4.73. The van der Waals surface area contributed by atoms with Crippen LogP contribution >= 0.6 is 0 Å². The number of amides is 2. The van der Waals surface area contributed by atoms with E-state index in [2.05, 4.69) is 0 Å². The Hall–Kier alpha value is -2.65. The number of benzene rings is 2. The zero-order valence-corrected chi connectivity index (χ0v) is 32.3. The van der Waals surface area contributed by atoms with E-state index in [9.17, 15) is 24.0 Å². The molecule has 2 aliphatic rings. The molecule has 12 nitrogen and oxygen atoms in total. The molecule has 2 saturated heterocycles. The number of carbonyl (C=O) groups excluding carboxylic acids is 5. The summed E-state index contributed by atoms with van der Waals surface area (Å²) in [5.74, 6) is -0.949. The molecule has 1 unspecified atom stereocenters. The van der Waals surface area contributed by atoms with Gasteiger partial charge in [0.25, 0.3) is 0 Å². The molecule has 266 valence electrons. The summed E-state index contributed by atoms with van der Waals surface area (Å²) in [7, 11) is 1.00. The van der Waals surface area contributed by atoms with Gasteiger partial charge >= 0.3 is 69.5 Å². The van der Waals surface area contributed by atoms with Crippen LogP contribution in [-0.2, 0) is 41.8 Å². The zero-order chi connectivity index (χ0) is 34.3. The fourth-order valence-electron chi connectivity index (χ4n) is 5.18. The predicted molar refractivity (Wildman–Crippen MR) is 178 cm³/mol. The van der Waals surface area contributed by atoms with Crippen molar-refractivity contribution in [1.82, 2.24) is 9.80 Å². The first-order chi connectivity index (χ1) is 22.9. The summed E-state index contributed by atoms with van der Waals surface area (Å²) in [5.41, 5.74) is 1.91. The minimum atomic E-state index is -0.708. The summed E-state index contributed by atoms with van der Waals surface area (Å²) >= 11 is 0. The number of aliphatic hydroxyl groups is 1. The Morgan fingerprint density at radius 2 is 1.12 bits per heavy atom. The molecule has 13 heteroatoms. The maximum atomic E-state index is 12.3. The van der Waals surface area contributed by atoms with Crippen LogP contribution < -0.4 is 51.4 Å². The van der Waals surface area contributed by atoms with Crippen molar-refractivity contribution in [3.63, 3.8) is 0 Å². The molecular weight excluding hydrogens is 659 g/mol. The molecule has 2 aromatic carbocycles. The van der Waals surface area contributed by atoms with Crippen molar-refractivity contribution in [2.24, 2.45) is 5.92 Å². The Morgan fingerprint density at radius 1 is 0.673 bits per heavy atom. The van der Waals surface area contributed by atoms with Gasteiger partial charge in [-0.15, -0.1) is 0 Å². The summed E-state index contributed by atoms with van der Waals surface area (Å²) in [4.78, 5) is 63.2. The molecule has 2 aliphatic heterocycles. The monoisotopic (exact) mass is 710 g/mol. The summed E-state index contributed by atoms with van der Waals surface area (Å²) in [6, 6.07) is 19.1. The molecule has 2 heterocycles. The quantitative estimate of drug-likeness (QED) is 0.204. The van der Waals surface area contributed by atoms with Gasteiger partial charge in [0.1, 0.15) is 30.7 Å². The van der Waals surface area contributed by atoms with Gasteiger partial charge in [0.05, 0.1) is 6.61 Å². The average molecular weight is 711 g/mol. The van der Waals surface area contributed by atoms with Gasteiger partial charge in [-0.2, -0.15) is 0 Å². The van der Waals surface area contributed by atoms with Crippen LogP contribution in [0.2, 0.25) is 0 Å². The van der Waals surface area contributed by atoms with Crippen LogP contribution in [0.25, 0.3) is 0 Å². The first kappa shape index (κ1) is 46.3. The Kier molecular flexibility index (Phi) is 26.6. The number of aliphatic hydroxyl groups excluding tert-OH is 1. The minimum Gasteiger partial charge on any atom is -0.870 e. The van der Waals surface area contributed by atoms with Crippen molar-refractivity contribution in [2.75, 3.05) is 39.9 Å². The Labute approximate surface area is 332 Å². The van der Waals surface area contributed by atoms with E-state index in [1.165, 1.54) is 0 Å². The number of hydrogen-bond acceptors (Lipinski definition) is 10. The van der Waals surface area contributed by atoms with E-state index in [4.69, 9.17) is 19.3 Å². The van der Waals surface area contributed by atoms with Crippen LogP contribution in [0.15, 0.2) is 60.7 Å². The number of ether oxygens (including phenoxy) is 3. The molecule has 2 fully saturated rings. The third-order valence-corrected chi connectivity index (χ3v) is 7.68. The number of ketones is 2. The predicted octanol–water partition coefficient (Wildman–Crippen LogP) is 2.54. The van der Waals surface area contributed by atoms with Crippen LogP contribution in [0.3, 0.4) is 0 Å². The largest absolute Gasteiger partial charge is 1.00 e. The minimum absolute atomic E-state index is 0. The SMILES string of the molecule is CCOC(=O)C1CCCN(C(=O)OCc2ccccc2)CCCC1=O.CO.O=C1CCCCN(C(=O)OCc2ccccc2)CCC1.[K+].[OH-]. The fraction of sp³-hybridized carbons (Fsp3) is 0.528. The normalized spacial score (nSPS) is 16.6. The molecule has 4 rings (SSSR count). The van der Waals surface area contributed by atoms with Gasteiger partial charge in [0.2, 0.25) is 0 Å². The molecule has 0 bridgehead atoms. The van der Waals surface area contributed by atoms with E-state index in [-0.39, 0.29) is 94.5 Å². The zero-order valence-electron chi connectivity index (χ0n) is 29.2. The van der Waals surface area contributed by atoms with E-state index in [1.807, 2.05) is 60.7 Å². The van der Waals surface area contributed by atoms with Gasteiger partial charge < -0.3 is 34.6 Å². The van der Waals surface area contributed by atoms with Gasteiger partial charge in [0, 0.05) is 52.6 Å². The number of esters is 1. The summed E-state index contributed by atoms with van der Waals surface area (Å²) in [6.07, 6.45) is 4.79. The molecule has 0 saturated carbocycles.